The fraction of sp³-hybridized carbons (Fsp3) is 0.500. The highest BCUT2D eigenvalue weighted by atomic mass is 16.5. The van der Waals surface area contributed by atoms with E-state index in [1.165, 1.54) is 0 Å². The minimum Gasteiger partial charge on any atom is -0.393 e. The van der Waals surface area contributed by atoms with Crippen molar-refractivity contribution in [3.8, 4) is 0 Å². The molecule has 0 aliphatic rings. The molecule has 0 spiro atoms. The molecule has 86 valence electrons. The lowest BCUT2D eigenvalue weighted by atomic mass is 10.1. The number of hydrogen-bond donors (Lipinski definition) is 2. The van der Waals surface area contributed by atoms with Crippen LogP contribution in [0.5, 0.6) is 0 Å². The summed E-state index contributed by atoms with van der Waals surface area (Å²) >= 11 is 0. The van der Waals surface area contributed by atoms with Crippen molar-refractivity contribution in [2.24, 2.45) is 0 Å². The van der Waals surface area contributed by atoms with E-state index in [4.69, 9.17) is 14.9 Å². The third kappa shape index (κ3) is 7.08. The molecule has 0 aromatic heterocycles. The summed E-state index contributed by atoms with van der Waals surface area (Å²) in [5.41, 5.74) is 0.755. The van der Waals surface area contributed by atoms with Crippen molar-refractivity contribution in [1.29, 1.82) is 0 Å². The van der Waals surface area contributed by atoms with Gasteiger partial charge >= 0.3 is 0 Å². The van der Waals surface area contributed by atoms with Crippen LogP contribution in [0.15, 0.2) is 30.3 Å². The molecule has 15 heavy (non-hydrogen) atoms. The summed E-state index contributed by atoms with van der Waals surface area (Å²) in [6.07, 6.45) is -0.735. The molecule has 0 saturated heterocycles. The summed E-state index contributed by atoms with van der Waals surface area (Å²) in [5, 5.41) is 17.6. The van der Waals surface area contributed by atoms with Crippen LogP contribution in [-0.2, 0) is 4.74 Å². The van der Waals surface area contributed by atoms with Gasteiger partial charge in [0.1, 0.15) is 6.10 Å². The molecule has 0 heterocycles. The average molecular weight is 212 g/mol. The Morgan fingerprint density at radius 1 is 1.13 bits per heavy atom. The molecule has 0 bridgehead atoms. The Hall–Kier alpha value is -0.900. The van der Waals surface area contributed by atoms with Crippen LogP contribution in [0.2, 0.25) is 0 Å². The van der Waals surface area contributed by atoms with Crippen molar-refractivity contribution < 1.29 is 14.9 Å². The molecule has 1 atom stereocenters. The molecule has 0 radical (unpaired) electrons. The van der Waals surface area contributed by atoms with Crippen molar-refractivity contribution >= 4 is 0 Å². The zero-order chi connectivity index (χ0) is 11.5. The first kappa shape index (κ1) is 14.1. The lowest BCUT2D eigenvalue weighted by Crippen LogP contribution is -2.01. The van der Waals surface area contributed by atoms with Crippen LogP contribution in [0.4, 0.5) is 0 Å². The Morgan fingerprint density at radius 2 is 1.67 bits per heavy atom. The molecule has 1 unspecified atom stereocenters. The van der Waals surface area contributed by atoms with Crippen molar-refractivity contribution in [2.75, 3.05) is 19.8 Å². The maximum atomic E-state index is 9.08. The van der Waals surface area contributed by atoms with Crippen LogP contribution in [0.3, 0.4) is 0 Å². The number of benzene rings is 1. The lowest BCUT2D eigenvalue weighted by molar-refractivity contribution is 0.0956. The molecule has 1 aromatic rings. The molecule has 0 saturated carbocycles. The second-order valence-corrected chi connectivity index (χ2v) is 2.89. The topological polar surface area (TPSA) is 49.7 Å². The van der Waals surface area contributed by atoms with Crippen molar-refractivity contribution in [2.45, 2.75) is 20.0 Å². The van der Waals surface area contributed by atoms with Gasteiger partial charge in [-0.3, -0.25) is 0 Å². The van der Waals surface area contributed by atoms with Gasteiger partial charge in [-0.15, -0.1) is 0 Å². The predicted octanol–water partition coefficient (Wildman–Crippen LogP) is 1.76. The second-order valence-electron chi connectivity index (χ2n) is 2.89. The van der Waals surface area contributed by atoms with Crippen LogP contribution >= 0.6 is 0 Å². The summed E-state index contributed by atoms with van der Waals surface area (Å²) < 4.78 is 4.83. The number of hydrogen-bond acceptors (Lipinski definition) is 3. The van der Waals surface area contributed by atoms with E-state index in [0.29, 0.717) is 0 Å². The van der Waals surface area contributed by atoms with E-state index in [9.17, 15) is 0 Å². The van der Waals surface area contributed by atoms with Gasteiger partial charge < -0.3 is 14.9 Å². The van der Waals surface area contributed by atoms with E-state index in [-0.39, 0.29) is 6.61 Å². The van der Waals surface area contributed by atoms with Gasteiger partial charge in [0.2, 0.25) is 0 Å². The standard InChI is InChI=1S/C8H10O2.C4H10O/c9-6-8(10)7-4-2-1-3-5-7;1-3-5-4-2/h1-5,8-10H,6H2;3-4H2,1-2H3. The van der Waals surface area contributed by atoms with Gasteiger partial charge in [0, 0.05) is 13.2 Å². The van der Waals surface area contributed by atoms with Crippen molar-refractivity contribution in [3.05, 3.63) is 35.9 Å². The maximum absolute atomic E-state index is 9.08. The van der Waals surface area contributed by atoms with E-state index < -0.39 is 6.10 Å². The fourth-order valence-corrected chi connectivity index (χ4v) is 0.985. The summed E-state index contributed by atoms with van der Waals surface area (Å²) in [7, 11) is 0. The monoisotopic (exact) mass is 212 g/mol. The highest BCUT2D eigenvalue weighted by molar-refractivity contribution is 5.16. The second kappa shape index (κ2) is 9.65. The first-order chi connectivity index (χ1) is 7.26. The molecule has 1 rings (SSSR count). The molecule has 3 nitrogen and oxygen atoms in total. The quantitative estimate of drug-likeness (QED) is 0.799. The maximum Gasteiger partial charge on any atom is 0.102 e. The van der Waals surface area contributed by atoms with Gasteiger partial charge in [-0.25, -0.2) is 0 Å². The molecular formula is C12H20O3. The van der Waals surface area contributed by atoms with Crippen LogP contribution in [0.1, 0.15) is 25.5 Å². The largest absolute Gasteiger partial charge is 0.393 e. The third-order valence-corrected chi connectivity index (χ3v) is 1.77. The molecule has 0 aliphatic carbocycles. The van der Waals surface area contributed by atoms with Crippen molar-refractivity contribution in [1.82, 2.24) is 0 Å². The SMILES string of the molecule is CCOCC.OCC(O)c1ccccc1. The highest BCUT2D eigenvalue weighted by Gasteiger charge is 2.02. The van der Waals surface area contributed by atoms with E-state index in [0.717, 1.165) is 18.8 Å². The Kier molecular flexibility index (Phi) is 9.07. The lowest BCUT2D eigenvalue weighted by Gasteiger charge is -2.05. The summed E-state index contributed by atoms with van der Waals surface area (Å²) in [4.78, 5) is 0. The molecule has 0 aliphatic heterocycles. The Morgan fingerprint density at radius 3 is 2.00 bits per heavy atom. The van der Waals surface area contributed by atoms with Crippen LogP contribution in [0, 0.1) is 0 Å². The Balaban J connectivity index is 0.000000336. The molecular weight excluding hydrogens is 192 g/mol. The summed E-state index contributed by atoms with van der Waals surface area (Å²) in [5.74, 6) is 0. The highest BCUT2D eigenvalue weighted by Crippen LogP contribution is 2.09. The van der Waals surface area contributed by atoms with Gasteiger partial charge in [-0.05, 0) is 19.4 Å². The third-order valence-electron chi connectivity index (χ3n) is 1.77. The van der Waals surface area contributed by atoms with Crippen LogP contribution in [-0.4, -0.2) is 30.0 Å². The first-order valence-corrected chi connectivity index (χ1v) is 5.17. The zero-order valence-electron chi connectivity index (χ0n) is 9.39. The molecule has 0 amide bonds. The van der Waals surface area contributed by atoms with E-state index in [1.807, 2.05) is 32.0 Å². The van der Waals surface area contributed by atoms with E-state index >= 15 is 0 Å². The van der Waals surface area contributed by atoms with E-state index in [2.05, 4.69) is 0 Å². The molecule has 1 aromatic carbocycles. The normalized spacial score (nSPS) is 11.5. The van der Waals surface area contributed by atoms with Crippen molar-refractivity contribution in [3.63, 3.8) is 0 Å². The van der Waals surface area contributed by atoms with Crippen LogP contribution in [0.25, 0.3) is 0 Å². The molecule has 3 heteroatoms. The summed E-state index contributed by atoms with van der Waals surface area (Å²) in [6, 6.07) is 9.08. The van der Waals surface area contributed by atoms with E-state index in [1.54, 1.807) is 12.1 Å². The number of aliphatic hydroxyl groups is 2. The number of aliphatic hydroxyl groups excluding tert-OH is 2. The number of rotatable bonds is 4. The van der Waals surface area contributed by atoms with Gasteiger partial charge in [-0.2, -0.15) is 0 Å². The molecule has 0 fully saturated rings. The summed E-state index contributed by atoms with van der Waals surface area (Å²) in [6.45, 7) is 5.45. The minimum absolute atomic E-state index is 0.218. The Bertz CT molecular complexity index is 222. The average Bonchev–Trinajstić information content (AvgIpc) is 2.31. The Labute approximate surface area is 91.3 Å². The smallest absolute Gasteiger partial charge is 0.102 e. The van der Waals surface area contributed by atoms with Crippen LogP contribution < -0.4 is 0 Å². The predicted molar refractivity (Wildman–Crippen MR) is 60.7 cm³/mol. The van der Waals surface area contributed by atoms with Gasteiger partial charge in [-0.1, -0.05) is 30.3 Å². The van der Waals surface area contributed by atoms with Gasteiger partial charge in [0.15, 0.2) is 0 Å². The van der Waals surface area contributed by atoms with Gasteiger partial charge in [0.05, 0.1) is 6.61 Å². The minimum atomic E-state index is -0.735. The van der Waals surface area contributed by atoms with Gasteiger partial charge in [0.25, 0.3) is 0 Å². The molecule has 2 N–H and O–H groups in total. The number of ether oxygens (including phenoxy) is 1. The zero-order valence-corrected chi connectivity index (χ0v) is 9.39. The fourth-order valence-electron chi connectivity index (χ4n) is 0.985. The first-order valence-electron chi connectivity index (χ1n) is 5.17.